The monoisotopic (exact) mass is 243 g/mol. The Morgan fingerprint density at radius 1 is 1.33 bits per heavy atom. The molecule has 1 aliphatic heterocycles. The van der Waals surface area contributed by atoms with Crippen molar-refractivity contribution in [3.05, 3.63) is 0 Å². The van der Waals surface area contributed by atoms with Crippen LogP contribution in [0.5, 0.6) is 0 Å². The Morgan fingerprint density at radius 3 is 2.22 bits per heavy atom. The number of ether oxygens (including phenoxy) is 1. The Kier molecular flexibility index (Phi) is 5.83. The summed E-state index contributed by atoms with van der Waals surface area (Å²) in [4.78, 5) is 0. The SMILES string of the molecule is [I-].[NH3+]CC1CCOCC1. The van der Waals surface area contributed by atoms with E-state index < -0.39 is 0 Å². The van der Waals surface area contributed by atoms with E-state index in [1.165, 1.54) is 12.8 Å². The summed E-state index contributed by atoms with van der Waals surface area (Å²) < 4.78 is 5.17. The lowest BCUT2D eigenvalue weighted by Gasteiger charge is -2.17. The maximum Gasteiger partial charge on any atom is 0.0770 e. The molecule has 0 atom stereocenters. The molecule has 1 fully saturated rings. The molecule has 0 radical (unpaired) electrons. The van der Waals surface area contributed by atoms with E-state index in [1.807, 2.05) is 0 Å². The van der Waals surface area contributed by atoms with Gasteiger partial charge in [-0.1, -0.05) is 0 Å². The van der Waals surface area contributed by atoms with Gasteiger partial charge in [-0.2, -0.15) is 0 Å². The van der Waals surface area contributed by atoms with Crippen LogP contribution >= 0.6 is 0 Å². The van der Waals surface area contributed by atoms with Gasteiger partial charge in [0, 0.05) is 19.1 Å². The van der Waals surface area contributed by atoms with Gasteiger partial charge in [-0.15, -0.1) is 0 Å². The van der Waals surface area contributed by atoms with Gasteiger partial charge in [0.05, 0.1) is 6.54 Å². The predicted octanol–water partition coefficient (Wildman–Crippen LogP) is -3.34. The van der Waals surface area contributed by atoms with Gasteiger partial charge in [0.25, 0.3) is 0 Å². The van der Waals surface area contributed by atoms with Crippen LogP contribution in [0.15, 0.2) is 0 Å². The summed E-state index contributed by atoms with van der Waals surface area (Å²) >= 11 is 0. The molecule has 9 heavy (non-hydrogen) atoms. The zero-order valence-corrected chi connectivity index (χ0v) is 7.76. The number of rotatable bonds is 1. The van der Waals surface area contributed by atoms with Gasteiger partial charge in [0.2, 0.25) is 0 Å². The van der Waals surface area contributed by atoms with Crippen molar-refractivity contribution in [2.45, 2.75) is 12.8 Å². The van der Waals surface area contributed by atoms with E-state index in [1.54, 1.807) is 0 Å². The van der Waals surface area contributed by atoms with Crippen LogP contribution in [0.2, 0.25) is 0 Å². The van der Waals surface area contributed by atoms with E-state index in [4.69, 9.17) is 4.74 Å². The average molecular weight is 243 g/mol. The van der Waals surface area contributed by atoms with Crippen LogP contribution < -0.4 is 29.7 Å². The van der Waals surface area contributed by atoms with Crippen molar-refractivity contribution >= 4 is 0 Å². The summed E-state index contributed by atoms with van der Waals surface area (Å²) in [5, 5.41) is 0. The van der Waals surface area contributed by atoms with Crippen molar-refractivity contribution in [3.63, 3.8) is 0 Å². The van der Waals surface area contributed by atoms with E-state index in [0.29, 0.717) is 0 Å². The highest BCUT2D eigenvalue weighted by molar-refractivity contribution is 4.59. The maximum atomic E-state index is 5.17. The van der Waals surface area contributed by atoms with Gasteiger partial charge < -0.3 is 34.4 Å². The number of hydrogen-bond acceptors (Lipinski definition) is 1. The molecule has 0 aromatic carbocycles. The van der Waals surface area contributed by atoms with Crippen LogP contribution in [0.1, 0.15) is 12.8 Å². The van der Waals surface area contributed by atoms with Gasteiger partial charge >= 0.3 is 0 Å². The van der Waals surface area contributed by atoms with E-state index in [0.717, 1.165) is 25.7 Å². The van der Waals surface area contributed by atoms with E-state index >= 15 is 0 Å². The van der Waals surface area contributed by atoms with Crippen LogP contribution in [0, 0.1) is 5.92 Å². The third-order valence-corrected chi connectivity index (χ3v) is 1.75. The van der Waals surface area contributed by atoms with Crippen molar-refractivity contribution in [2.24, 2.45) is 5.92 Å². The van der Waals surface area contributed by atoms with Crippen LogP contribution in [-0.2, 0) is 4.74 Å². The molecule has 56 valence electrons. The smallest absolute Gasteiger partial charge is 0.0770 e. The number of hydrogen-bond donors (Lipinski definition) is 1. The molecule has 1 heterocycles. The van der Waals surface area contributed by atoms with Crippen LogP contribution in [0.3, 0.4) is 0 Å². The summed E-state index contributed by atoms with van der Waals surface area (Å²) in [6.07, 6.45) is 2.45. The fraction of sp³-hybridized carbons (Fsp3) is 1.00. The summed E-state index contributed by atoms with van der Waals surface area (Å²) in [7, 11) is 0. The molecular formula is C6H14INO. The molecule has 1 aliphatic rings. The Balaban J connectivity index is 0.000000640. The van der Waals surface area contributed by atoms with Gasteiger partial charge in [0.15, 0.2) is 0 Å². The van der Waals surface area contributed by atoms with Crippen molar-refractivity contribution < 1.29 is 34.4 Å². The van der Waals surface area contributed by atoms with Gasteiger partial charge in [0.1, 0.15) is 0 Å². The van der Waals surface area contributed by atoms with E-state index in [-0.39, 0.29) is 24.0 Å². The van der Waals surface area contributed by atoms with Gasteiger partial charge in [-0.3, -0.25) is 0 Å². The van der Waals surface area contributed by atoms with E-state index in [9.17, 15) is 0 Å². The first-order valence-corrected chi connectivity index (χ1v) is 3.30. The molecule has 1 saturated heterocycles. The normalized spacial score (nSPS) is 21.0. The van der Waals surface area contributed by atoms with Crippen LogP contribution in [0.4, 0.5) is 0 Å². The minimum Gasteiger partial charge on any atom is -1.00 e. The Morgan fingerprint density at radius 2 is 1.89 bits per heavy atom. The summed E-state index contributed by atoms with van der Waals surface area (Å²) in [5.74, 6) is 0.851. The molecule has 0 saturated carbocycles. The summed E-state index contributed by atoms with van der Waals surface area (Å²) in [6, 6.07) is 0. The minimum atomic E-state index is 0. The first kappa shape index (κ1) is 9.65. The fourth-order valence-electron chi connectivity index (χ4n) is 1.04. The summed E-state index contributed by atoms with van der Waals surface area (Å²) in [5.41, 5.74) is 3.85. The molecule has 0 bridgehead atoms. The first-order chi connectivity index (χ1) is 3.93. The minimum absolute atomic E-state index is 0. The molecule has 2 nitrogen and oxygen atoms in total. The second-order valence-corrected chi connectivity index (χ2v) is 2.34. The van der Waals surface area contributed by atoms with Crippen molar-refractivity contribution in [1.29, 1.82) is 0 Å². The van der Waals surface area contributed by atoms with Crippen LogP contribution in [0.25, 0.3) is 0 Å². The largest absolute Gasteiger partial charge is 1.00 e. The molecule has 1 rings (SSSR count). The highest BCUT2D eigenvalue weighted by Gasteiger charge is 2.12. The molecule has 0 spiro atoms. The third-order valence-electron chi connectivity index (χ3n) is 1.75. The fourth-order valence-corrected chi connectivity index (χ4v) is 1.04. The third kappa shape index (κ3) is 3.37. The Bertz CT molecular complexity index is 64.1. The second kappa shape index (κ2) is 5.44. The molecule has 3 N–H and O–H groups in total. The van der Waals surface area contributed by atoms with Crippen molar-refractivity contribution in [1.82, 2.24) is 0 Å². The van der Waals surface area contributed by atoms with E-state index in [2.05, 4.69) is 5.73 Å². The first-order valence-electron chi connectivity index (χ1n) is 3.30. The number of halogens is 1. The van der Waals surface area contributed by atoms with Crippen molar-refractivity contribution in [2.75, 3.05) is 19.8 Å². The van der Waals surface area contributed by atoms with Gasteiger partial charge in [-0.05, 0) is 12.8 Å². The standard InChI is InChI=1S/C6H13NO.HI/c7-5-6-1-3-8-4-2-6;/h6H,1-5,7H2;1H. The molecular weight excluding hydrogens is 229 g/mol. The molecule has 0 aromatic rings. The zero-order chi connectivity index (χ0) is 5.82. The molecule has 0 unspecified atom stereocenters. The highest BCUT2D eigenvalue weighted by Crippen LogP contribution is 2.11. The zero-order valence-electron chi connectivity index (χ0n) is 5.61. The lowest BCUT2D eigenvalue weighted by molar-refractivity contribution is -0.381. The number of quaternary nitrogens is 1. The van der Waals surface area contributed by atoms with Crippen LogP contribution in [-0.4, -0.2) is 19.8 Å². The highest BCUT2D eigenvalue weighted by atomic mass is 127. The Labute approximate surface area is 73.2 Å². The molecule has 0 aliphatic carbocycles. The van der Waals surface area contributed by atoms with Crippen molar-refractivity contribution in [3.8, 4) is 0 Å². The molecule has 0 aromatic heterocycles. The lowest BCUT2D eigenvalue weighted by atomic mass is 10.0. The average Bonchev–Trinajstić information content (AvgIpc) is 1.90. The Hall–Kier alpha value is 0.650. The predicted molar refractivity (Wildman–Crippen MR) is 31.3 cm³/mol. The maximum absolute atomic E-state index is 5.17. The second-order valence-electron chi connectivity index (χ2n) is 2.34. The quantitative estimate of drug-likeness (QED) is 0.480. The van der Waals surface area contributed by atoms with Gasteiger partial charge in [-0.25, -0.2) is 0 Å². The lowest BCUT2D eigenvalue weighted by Crippen LogP contribution is -3.00. The summed E-state index contributed by atoms with van der Waals surface area (Å²) in [6.45, 7) is 3.00. The topological polar surface area (TPSA) is 36.9 Å². The molecule has 3 heteroatoms. The molecule has 0 amide bonds.